The van der Waals surface area contributed by atoms with E-state index in [9.17, 15) is 13.2 Å². The topological polar surface area (TPSA) is 17.8 Å². The van der Waals surface area contributed by atoms with Gasteiger partial charge in [0, 0.05) is 11.3 Å². The summed E-state index contributed by atoms with van der Waals surface area (Å²) in [5.41, 5.74) is 8.22. The summed E-state index contributed by atoms with van der Waals surface area (Å²) in [5, 5.41) is 7.01. The Labute approximate surface area is 315 Å². The molecular formula is C50H31F3N2. The zero-order chi connectivity index (χ0) is 37.1. The van der Waals surface area contributed by atoms with E-state index in [1.807, 2.05) is 71.3 Å². The molecule has 262 valence electrons. The molecule has 1 heterocycles. The maximum absolute atomic E-state index is 13.9. The highest BCUT2D eigenvalue weighted by atomic mass is 19.4. The average Bonchev–Trinajstić information content (AvgIpc) is 3.61. The Morgan fingerprint density at radius 2 is 0.964 bits per heavy atom. The first-order valence-electron chi connectivity index (χ1n) is 18.2. The molecule has 0 aliphatic carbocycles. The number of hydrogen-bond acceptors (Lipinski definition) is 1. The van der Waals surface area contributed by atoms with E-state index < -0.39 is 11.7 Å². The van der Waals surface area contributed by atoms with Gasteiger partial charge in [-0.1, -0.05) is 152 Å². The molecule has 10 aromatic rings. The van der Waals surface area contributed by atoms with E-state index in [0.29, 0.717) is 11.3 Å². The lowest BCUT2D eigenvalue weighted by molar-refractivity contribution is -0.137. The Kier molecular flexibility index (Phi) is 7.63. The summed E-state index contributed by atoms with van der Waals surface area (Å²) in [5.74, 6) is 0.567. The van der Waals surface area contributed by atoms with Gasteiger partial charge in [-0.05, 0) is 102 Å². The van der Waals surface area contributed by atoms with Crippen LogP contribution in [0.25, 0.3) is 93.8 Å². The van der Waals surface area contributed by atoms with Crippen LogP contribution in [-0.2, 0) is 6.18 Å². The predicted octanol–water partition coefficient (Wildman–Crippen LogP) is 14.2. The number of imidazole rings is 1. The van der Waals surface area contributed by atoms with Gasteiger partial charge >= 0.3 is 6.18 Å². The molecule has 0 aliphatic rings. The molecule has 5 heteroatoms. The SMILES string of the molecule is FC(F)(F)c1ccc2c(c1)nc(-c1ccccc1-c1ccccc1)n2-c1ccc(-c2c3ccccc3c(-c3ccc4ccccc4c3)c3ccccc23)cc1. The minimum absolute atomic E-state index is 0.276. The van der Waals surface area contributed by atoms with Crippen molar-refractivity contribution in [2.75, 3.05) is 0 Å². The van der Waals surface area contributed by atoms with E-state index in [4.69, 9.17) is 4.98 Å². The Bertz CT molecular complexity index is 3010. The van der Waals surface area contributed by atoms with E-state index in [-0.39, 0.29) is 5.52 Å². The zero-order valence-corrected chi connectivity index (χ0v) is 29.4. The summed E-state index contributed by atoms with van der Waals surface area (Å²) in [7, 11) is 0. The molecule has 0 saturated heterocycles. The minimum atomic E-state index is -4.49. The largest absolute Gasteiger partial charge is 0.416 e. The van der Waals surface area contributed by atoms with Crippen molar-refractivity contribution >= 4 is 43.4 Å². The van der Waals surface area contributed by atoms with Gasteiger partial charge in [0.2, 0.25) is 0 Å². The van der Waals surface area contributed by atoms with Crippen molar-refractivity contribution in [2.45, 2.75) is 6.18 Å². The highest BCUT2D eigenvalue weighted by Crippen LogP contribution is 2.45. The van der Waals surface area contributed by atoms with Gasteiger partial charge in [0.25, 0.3) is 0 Å². The summed E-state index contributed by atoms with van der Waals surface area (Å²) >= 11 is 0. The minimum Gasteiger partial charge on any atom is -0.292 e. The molecule has 9 aromatic carbocycles. The van der Waals surface area contributed by atoms with Gasteiger partial charge in [-0.2, -0.15) is 13.2 Å². The van der Waals surface area contributed by atoms with Crippen LogP contribution in [0.4, 0.5) is 13.2 Å². The smallest absolute Gasteiger partial charge is 0.292 e. The first-order chi connectivity index (χ1) is 26.9. The molecule has 0 radical (unpaired) electrons. The molecule has 0 bridgehead atoms. The summed E-state index contributed by atoms with van der Waals surface area (Å²) in [4.78, 5) is 4.90. The Balaban J connectivity index is 1.17. The molecule has 55 heavy (non-hydrogen) atoms. The van der Waals surface area contributed by atoms with Crippen LogP contribution < -0.4 is 0 Å². The summed E-state index contributed by atoms with van der Waals surface area (Å²) in [6.07, 6.45) is -4.49. The van der Waals surface area contributed by atoms with Crippen LogP contribution in [0.5, 0.6) is 0 Å². The number of nitrogens with zero attached hydrogens (tertiary/aromatic N) is 2. The van der Waals surface area contributed by atoms with E-state index in [0.717, 1.165) is 72.7 Å². The second kappa shape index (κ2) is 12.9. The molecule has 1 aromatic heterocycles. The molecular weight excluding hydrogens is 686 g/mol. The molecule has 0 saturated carbocycles. The number of hydrogen-bond donors (Lipinski definition) is 0. The maximum atomic E-state index is 13.9. The van der Waals surface area contributed by atoms with Gasteiger partial charge in [-0.25, -0.2) is 4.98 Å². The number of benzene rings is 9. The molecule has 0 amide bonds. The van der Waals surface area contributed by atoms with Crippen LogP contribution in [0.15, 0.2) is 188 Å². The fourth-order valence-electron chi connectivity index (χ4n) is 8.12. The Morgan fingerprint density at radius 3 is 1.62 bits per heavy atom. The van der Waals surface area contributed by atoms with Crippen LogP contribution in [0.2, 0.25) is 0 Å². The van der Waals surface area contributed by atoms with Crippen molar-refractivity contribution in [3.63, 3.8) is 0 Å². The third-order valence-electron chi connectivity index (χ3n) is 10.6. The first kappa shape index (κ1) is 32.7. The quantitative estimate of drug-likeness (QED) is 0.162. The Hall–Kier alpha value is -6.98. The van der Waals surface area contributed by atoms with Crippen molar-refractivity contribution < 1.29 is 13.2 Å². The standard InChI is InChI=1S/C50H31F3N2/c51-50(52,53)37-26-29-46-45(31-37)54-49(44-21-11-6-16-39(44)33-13-2-1-3-14-33)55(46)38-27-24-34(25-28-38)47-40-17-7-9-19-42(40)48(43-20-10-8-18-41(43)47)36-23-22-32-12-4-5-15-35(32)30-36/h1-31H. The number of alkyl halides is 3. The molecule has 0 unspecified atom stereocenters. The predicted molar refractivity (Wildman–Crippen MR) is 220 cm³/mol. The van der Waals surface area contributed by atoms with Crippen LogP contribution in [-0.4, -0.2) is 9.55 Å². The highest BCUT2D eigenvalue weighted by molar-refractivity contribution is 6.21. The molecule has 0 N–H and O–H groups in total. The maximum Gasteiger partial charge on any atom is 0.416 e. The van der Waals surface area contributed by atoms with Crippen LogP contribution in [0.1, 0.15) is 5.56 Å². The van der Waals surface area contributed by atoms with Gasteiger partial charge in [-0.15, -0.1) is 0 Å². The van der Waals surface area contributed by atoms with Gasteiger partial charge in [0.05, 0.1) is 16.6 Å². The van der Waals surface area contributed by atoms with Gasteiger partial charge in [0.15, 0.2) is 0 Å². The van der Waals surface area contributed by atoms with E-state index in [1.54, 1.807) is 0 Å². The van der Waals surface area contributed by atoms with Crippen LogP contribution in [0.3, 0.4) is 0 Å². The van der Waals surface area contributed by atoms with Gasteiger partial charge < -0.3 is 0 Å². The third kappa shape index (κ3) is 5.55. The first-order valence-corrected chi connectivity index (χ1v) is 18.2. The number of halogens is 3. The fraction of sp³-hybridized carbons (Fsp3) is 0.0200. The molecule has 0 aliphatic heterocycles. The van der Waals surface area contributed by atoms with Crippen molar-refractivity contribution in [3.05, 3.63) is 194 Å². The number of aromatic nitrogens is 2. The monoisotopic (exact) mass is 716 g/mol. The molecule has 0 fully saturated rings. The van der Waals surface area contributed by atoms with Gasteiger partial charge in [-0.3, -0.25) is 4.57 Å². The third-order valence-corrected chi connectivity index (χ3v) is 10.6. The summed E-state index contributed by atoms with van der Waals surface area (Å²) < 4.78 is 43.8. The molecule has 0 atom stereocenters. The lowest BCUT2D eigenvalue weighted by atomic mass is 9.85. The highest BCUT2D eigenvalue weighted by Gasteiger charge is 2.31. The van der Waals surface area contributed by atoms with E-state index >= 15 is 0 Å². The van der Waals surface area contributed by atoms with Gasteiger partial charge in [0.1, 0.15) is 5.82 Å². The van der Waals surface area contributed by atoms with Crippen molar-refractivity contribution in [3.8, 4) is 50.5 Å². The van der Waals surface area contributed by atoms with Crippen LogP contribution in [0, 0.1) is 0 Å². The second-order valence-corrected chi connectivity index (χ2v) is 13.8. The summed E-state index contributed by atoms with van der Waals surface area (Å²) in [6.45, 7) is 0. The zero-order valence-electron chi connectivity index (χ0n) is 29.4. The Morgan fingerprint density at radius 1 is 0.418 bits per heavy atom. The lowest BCUT2D eigenvalue weighted by Gasteiger charge is -2.18. The van der Waals surface area contributed by atoms with Crippen molar-refractivity contribution in [1.82, 2.24) is 9.55 Å². The van der Waals surface area contributed by atoms with Crippen LogP contribution >= 0.6 is 0 Å². The normalized spacial score (nSPS) is 11.9. The molecule has 2 nitrogen and oxygen atoms in total. The number of fused-ring (bicyclic) bond motifs is 4. The lowest BCUT2D eigenvalue weighted by Crippen LogP contribution is -2.04. The molecule has 0 spiro atoms. The van der Waals surface area contributed by atoms with Crippen molar-refractivity contribution in [1.29, 1.82) is 0 Å². The van der Waals surface area contributed by atoms with E-state index in [2.05, 4.69) is 103 Å². The second-order valence-electron chi connectivity index (χ2n) is 13.8. The summed E-state index contributed by atoms with van der Waals surface area (Å²) in [6, 6.07) is 62.3. The number of rotatable bonds is 5. The average molecular weight is 717 g/mol. The van der Waals surface area contributed by atoms with Crippen molar-refractivity contribution in [2.24, 2.45) is 0 Å². The van der Waals surface area contributed by atoms with E-state index in [1.165, 1.54) is 22.4 Å². The fourth-order valence-corrected chi connectivity index (χ4v) is 8.12. The molecule has 10 rings (SSSR count).